The maximum atomic E-state index is 13.1. The quantitative estimate of drug-likeness (QED) is 0.227. The van der Waals surface area contributed by atoms with E-state index in [0.29, 0.717) is 21.0 Å². The highest BCUT2D eigenvalue weighted by atomic mass is 32.1. The number of aromatic amines is 1. The monoisotopic (exact) mass is 507 g/mol. The molecular formula is C25H21N3O5S2. The van der Waals surface area contributed by atoms with Crippen LogP contribution >= 0.6 is 23.6 Å². The summed E-state index contributed by atoms with van der Waals surface area (Å²) >= 11 is 6.61. The molecule has 0 aliphatic heterocycles. The molecule has 1 atom stereocenters. The molecule has 1 aromatic heterocycles. The number of aromatic nitrogens is 1. The fourth-order valence-corrected chi connectivity index (χ4v) is 4.96. The van der Waals surface area contributed by atoms with E-state index in [9.17, 15) is 24.6 Å². The minimum Gasteiger partial charge on any atom is -0.481 e. The molecule has 4 aromatic rings. The Bertz CT molecular complexity index is 1480. The molecule has 0 spiro atoms. The van der Waals surface area contributed by atoms with Crippen LogP contribution in [0.2, 0.25) is 0 Å². The number of aliphatic carboxylic acids is 2. The number of rotatable bonds is 8. The average Bonchev–Trinajstić information content (AvgIpc) is 3.19. The van der Waals surface area contributed by atoms with Crippen molar-refractivity contribution in [2.75, 3.05) is 10.2 Å². The first-order valence-corrected chi connectivity index (χ1v) is 11.7. The van der Waals surface area contributed by atoms with Crippen molar-refractivity contribution < 1.29 is 24.6 Å². The number of carboxylic acid groups (broad SMARTS) is 2. The Morgan fingerprint density at radius 1 is 1.00 bits per heavy atom. The smallest absolute Gasteiger partial charge is 0.330 e. The molecule has 178 valence electrons. The van der Waals surface area contributed by atoms with Crippen LogP contribution < -0.4 is 10.2 Å². The second-order valence-electron chi connectivity index (χ2n) is 8.05. The van der Waals surface area contributed by atoms with Crippen molar-refractivity contribution in [2.24, 2.45) is 0 Å². The lowest BCUT2D eigenvalue weighted by Gasteiger charge is -2.39. The van der Waals surface area contributed by atoms with Crippen LogP contribution in [0.3, 0.4) is 0 Å². The van der Waals surface area contributed by atoms with E-state index in [1.165, 1.54) is 23.2 Å². The topological polar surface area (TPSA) is 123 Å². The zero-order valence-electron chi connectivity index (χ0n) is 18.5. The molecule has 35 heavy (non-hydrogen) atoms. The molecule has 4 rings (SSSR count). The summed E-state index contributed by atoms with van der Waals surface area (Å²) in [6.07, 6.45) is -0.657. The first kappa shape index (κ1) is 24.1. The van der Waals surface area contributed by atoms with E-state index in [1.54, 1.807) is 66.7 Å². The molecule has 0 aliphatic carbocycles. The number of para-hydroxylation sites is 1. The first-order valence-electron chi connectivity index (χ1n) is 10.5. The lowest BCUT2D eigenvalue weighted by atomic mass is 9.93. The third-order valence-electron chi connectivity index (χ3n) is 5.51. The van der Waals surface area contributed by atoms with Crippen LogP contribution in [0.4, 0.5) is 17.1 Å². The molecule has 4 N–H and O–H groups in total. The number of benzene rings is 3. The van der Waals surface area contributed by atoms with Gasteiger partial charge in [-0.15, -0.1) is 11.3 Å². The highest BCUT2D eigenvalue weighted by Gasteiger charge is 2.43. The largest absolute Gasteiger partial charge is 0.481 e. The molecule has 0 saturated carbocycles. The molecule has 0 bridgehead atoms. The number of nitrogens with one attached hydrogen (secondary N) is 2. The number of carbonyl (C=O) groups is 3. The Labute approximate surface area is 209 Å². The van der Waals surface area contributed by atoms with Crippen molar-refractivity contribution in [3.63, 3.8) is 0 Å². The predicted octanol–water partition coefficient (Wildman–Crippen LogP) is 5.67. The Morgan fingerprint density at radius 2 is 1.71 bits per heavy atom. The van der Waals surface area contributed by atoms with Gasteiger partial charge in [-0.3, -0.25) is 9.59 Å². The van der Waals surface area contributed by atoms with Gasteiger partial charge in [-0.2, -0.15) is 0 Å². The Hall–Kier alpha value is -4.02. The molecule has 1 unspecified atom stereocenters. The highest BCUT2D eigenvalue weighted by molar-refractivity contribution is 7.73. The summed E-state index contributed by atoms with van der Waals surface area (Å²) in [5, 5.41) is 22.3. The van der Waals surface area contributed by atoms with Gasteiger partial charge in [0.15, 0.2) is 3.95 Å². The number of carbonyl (C=O) groups excluding carboxylic acids is 1. The van der Waals surface area contributed by atoms with E-state index in [0.717, 1.165) is 10.2 Å². The second kappa shape index (κ2) is 9.69. The Balaban J connectivity index is 1.72. The number of fused-ring (bicyclic) bond motifs is 1. The van der Waals surface area contributed by atoms with Gasteiger partial charge in [0.05, 0.1) is 16.6 Å². The molecule has 0 radical (unpaired) electrons. The van der Waals surface area contributed by atoms with Crippen LogP contribution in [-0.4, -0.2) is 38.6 Å². The standard InChI is InChI=1S/C25H21N3O5S2/c1-25(23(32)33,14-21(29)30)28(17-7-3-2-4-8-17)18-9-5-6-15(12-18)22(31)26-16-10-11-20-19(13-16)27-24(34)35-20/h2-13H,14H2,1H3,(H,26,31)(H,27,34)(H,29,30)(H,32,33). The summed E-state index contributed by atoms with van der Waals surface area (Å²) in [6, 6.07) is 20.5. The minimum atomic E-state index is -1.82. The maximum Gasteiger partial charge on any atom is 0.330 e. The number of anilines is 3. The van der Waals surface area contributed by atoms with E-state index in [-0.39, 0.29) is 5.56 Å². The normalized spacial score (nSPS) is 12.6. The number of amides is 1. The number of thiazole rings is 1. The summed E-state index contributed by atoms with van der Waals surface area (Å²) in [4.78, 5) is 41.5. The predicted molar refractivity (Wildman–Crippen MR) is 138 cm³/mol. The molecule has 0 saturated heterocycles. The van der Waals surface area contributed by atoms with Crippen molar-refractivity contribution in [2.45, 2.75) is 18.9 Å². The molecule has 0 fully saturated rings. The fourth-order valence-electron chi connectivity index (χ4n) is 3.86. The Kier molecular flexibility index (Phi) is 6.68. The van der Waals surface area contributed by atoms with Crippen LogP contribution in [0.15, 0.2) is 72.8 Å². The van der Waals surface area contributed by atoms with Gasteiger partial charge < -0.3 is 25.4 Å². The van der Waals surface area contributed by atoms with Gasteiger partial charge in [0.1, 0.15) is 5.54 Å². The van der Waals surface area contributed by atoms with Gasteiger partial charge in [0.2, 0.25) is 0 Å². The number of carboxylic acids is 2. The number of hydrogen-bond donors (Lipinski definition) is 4. The first-order chi connectivity index (χ1) is 16.7. The van der Waals surface area contributed by atoms with Crippen LogP contribution in [0.1, 0.15) is 23.7 Å². The summed E-state index contributed by atoms with van der Waals surface area (Å²) < 4.78 is 1.61. The number of nitrogens with zero attached hydrogens (tertiary/aromatic N) is 1. The molecule has 3 aromatic carbocycles. The van der Waals surface area contributed by atoms with Gasteiger partial charge in [-0.1, -0.05) is 24.3 Å². The molecular weight excluding hydrogens is 486 g/mol. The maximum absolute atomic E-state index is 13.1. The lowest BCUT2D eigenvalue weighted by molar-refractivity contribution is -0.149. The molecule has 10 heteroatoms. The zero-order valence-corrected chi connectivity index (χ0v) is 20.2. The summed E-state index contributed by atoms with van der Waals surface area (Å²) in [6.45, 7) is 1.35. The van der Waals surface area contributed by atoms with Crippen LogP contribution in [0.5, 0.6) is 0 Å². The van der Waals surface area contributed by atoms with Crippen LogP contribution in [0.25, 0.3) is 10.2 Å². The zero-order chi connectivity index (χ0) is 25.2. The van der Waals surface area contributed by atoms with Gasteiger partial charge in [0.25, 0.3) is 5.91 Å². The van der Waals surface area contributed by atoms with E-state index in [2.05, 4.69) is 10.3 Å². The summed E-state index contributed by atoms with van der Waals surface area (Å²) in [5.41, 5.74) is 0.696. The van der Waals surface area contributed by atoms with E-state index < -0.39 is 29.8 Å². The van der Waals surface area contributed by atoms with Crippen molar-refractivity contribution in [3.05, 3.63) is 82.3 Å². The van der Waals surface area contributed by atoms with Crippen LogP contribution in [0, 0.1) is 3.95 Å². The lowest BCUT2D eigenvalue weighted by Crippen LogP contribution is -2.51. The van der Waals surface area contributed by atoms with Gasteiger partial charge in [0, 0.05) is 22.6 Å². The molecule has 1 amide bonds. The van der Waals surface area contributed by atoms with Gasteiger partial charge >= 0.3 is 11.9 Å². The molecule has 0 aliphatic rings. The van der Waals surface area contributed by atoms with E-state index in [4.69, 9.17) is 12.2 Å². The third kappa shape index (κ3) is 5.08. The van der Waals surface area contributed by atoms with E-state index in [1.807, 2.05) is 6.07 Å². The SMILES string of the molecule is CC(CC(=O)O)(C(=O)O)N(c1ccccc1)c1cccc(C(=O)Nc2ccc3sc(=S)[nH]c3c2)c1. The average molecular weight is 508 g/mol. The second-order valence-corrected chi connectivity index (χ2v) is 9.77. The summed E-state index contributed by atoms with van der Waals surface area (Å²) in [5.74, 6) is -2.96. The van der Waals surface area contributed by atoms with Crippen molar-refractivity contribution in [1.29, 1.82) is 0 Å². The van der Waals surface area contributed by atoms with Crippen molar-refractivity contribution in [1.82, 2.24) is 4.98 Å². The number of H-pyrrole nitrogens is 1. The Morgan fingerprint density at radius 3 is 2.40 bits per heavy atom. The third-order valence-corrected chi connectivity index (χ3v) is 6.72. The molecule has 8 nitrogen and oxygen atoms in total. The van der Waals surface area contributed by atoms with Gasteiger partial charge in [-0.05, 0) is 67.7 Å². The van der Waals surface area contributed by atoms with E-state index >= 15 is 0 Å². The summed E-state index contributed by atoms with van der Waals surface area (Å²) in [7, 11) is 0. The van der Waals surface area contributed by atoms with Gasteiger partial charge in [-0.25, -0.2) is 4.79 Å². The fraction of sp³-hybridized carbons (Fsp3) is 0.120. The van der Waals surface area contributed by atoms with Crippen LogP contribution in [-0.2, 0) is 9.59 Å². The van der Waals surface area contributed by atoms with Crippen molar-refractivity contribution in [3.8, 4) is 0 Å². The van der Waals surface area contributed by atoms with Crippen molar-refractivity contribution >= 4 is 68.7 Å². The highest BCUT2D eigenvalue weighted by Crippen LogP contribution is 2.36. The number of hydrogen-bond acceptors (Lipinski definition) is 6. The molecule has 1 heterocycles. The minimum absolute atomic E-state index is 0.282.